The lowest BCUT2D eigenvalue weighted by atomic mass is 10.5. The molecule has 0 fully saturated rings. The van der Waals surface area contributed by atoms with Crippen LogP contribution in [0.4, 0.5) is 0 Å². The molecule has 0 aliphatic carbocycles. The number of hydrogen-bond acceptors (Lipinski definition) is 5. The maximum Gasteiger partial charge on any atom is 0.169 e. The van der Waals surface area contributed by atoms with Crippen molar-refractivity contribution < 1.29 is 13.2 Å². The van der Waals surface area contributed by atoms with Gasteiger partial charge in [0.25, 0.3) is 0 Å². The van der Waals surface area contributed by atoms with Gasteiger partial charge in [-0.1, -0.05) is 0 Å². The summed E-state index contributed by atoms with van der Waals surface area (Å²) in [4.78, 5) is 14.2. The lowest BCUT2D eigenvalue weighted by molar-refractivity contribution is 0.111. The molecule has 1 rings (SSSR count). The van der Waals surface area contributed by atoms with Gasteiger partial charge in [0.15, 0.2) is 16.1 Å². The summed E-state index contributed by atoms with van der Waals surface area (Å²) < 4.78 is 22.2. The van der Waals surface area contributed by atoms with Crippen molar-refractivity contribution in [1.82, 2.24) is 4.98 Å². The zero-order valence-corrected chi connectivity index (χ0v) is 8.85. The summed E-state index contributed by atoms with van der Waals surface area (Å²) >= 11 is 1.19. The Kier molecular flexibility index (Phi) is 2.82. The Morgan fingerprint density at radius 2 is 2.23 bits per heavy atom. The predicted octanol–water partition coefficient (Wildman–Crippen LogP) is 1.06. The van der Waals surface area contributed by atoms with Gasteiger partial charge in [0, 0.05) is 11.6 Å². The average Bonchev–Trinajstić information content (AvgIpc) is 2.48. The molecular formula is C7H9NO3S2. The molecule has 0 spiro atoms. The number of carbonyl (C=O) groups excluding carboxylic acids is 1. The number of hydrogen-bond donors (Lipinski definition) is 0. The SMILES string of the molecule is CC(c1nc(C=O)cs1)S(C)(=O)=O. The molecule has 0 N–H and O–H groups in total. The van der Waals surface area contributed by atoms with E-state index in [0.29, 0.717) is 11.3 Å². The monoisotopic (exact) mass is 219 g/mol. The highest BCUT2D eigenvalue weighted by Crippen LogP contribution is 2.23. The van der Waals surface area contributed by atoms with Gasteiger partial charge in [-0.3, -0.25) is 4.79 Å². The second-order valence-corrected chi connectivity index (χ2v) is 5.96. The third-order valence-electron chi connectivity index (χ3n) is 1.65. The molecule has 6 heteroatoms. The summed E-state index contributed by atoms with van der Waals surface area (Å²) in [5, 5.41) is 1.38. The Labute approximate surface area is 80.5 Å². The molecule has 0 amide bonds. The summed E-state index contributed by atoms with van der Waals surface area (Å²) in [5.41, 5.74) is 0.288. The molecule has 0 bridgehead atoms. The van der Waals surface area contributed by atoms with Gasteiger partial charge < -0.3 is 0 Å². The third-order valence-corrected chi connectivity index (χ3v) is 4.35. The topological polar surface area (TPSA) is 64.1 Å². The van der Waals surface area contributed by atoms with Crippen molar-refractivity contribution in [2.45, 2.75) is 12.2 Å². The van der Waals surface area contributed by atoms with Gasteiger partial charge in [0.2, 0.25) is 0 Å². The van der Waals surface area contributed by atoms with Gasteiger partial charge in [-0.15, -0.1) is 11.3 Å². The number of nitrogens with zero attached hydrogens (tertiary/aromatic N) is 1. The summed E-state index contributed by atoms with van der Waals surface area (Å²) in [6.45, 7) is 1.56. The molecule has 0 aliphatic rings. The molecule has 0 aliphatic heterocycles. The number of sulfone groups is 1. The van der Waals surface area contributed by atoms with Crippen LogP contribution in [0.3, 0.4) is 0 Å². The van der Waals surface area contributed by atoms with Gasteiger partial charge >= 0.3 is 0 Å². The fourth-order valence-electron chi connectivity index (χ4n) is 0.725. The first-order chi connectivity index (χ1) is 5.95. The van der Waals surface area contributed by atoms with Gasteiger partial charge in [0.05, 0.1) is 0 Å². The maximum absolute atomic E-state index is 11.1. The Morgan fingerprint density at radius 3 is 2.62 bits per heavy atom. The molecule has 0 saturated carbocycles. The van der Waals surface area contributed by atoms with Crippen LogP contribution < -0.4 is 0 Å². The molecule has 4 nitrogen and oxygen atoms in total. The van der Waals surface area contributed by atoms with Crippen LogP contribution in [0.5, 0.6) is 0 Å². The third kappa shape index (κ3) is 2.35. The van der Waals surface area contributed by atoms with E-state index in [1.165, 1.54) is 11.3 Å². The van der Waals surface area contributed by atoms with Gasteiger partial charge in [-0.2, -0.15) is 0 Å². The standard InChI is InChI=1S/C7H9NO3S2/c1-5(13(2,10)11)7-8-6(3-9)4-12-7/h3-5H,1-2H3. The molecule has 1 heterocycles. The normalized spacial score (nSPS) is 14.0. The van der Waals surface area contributed by atoms with E-state index in [-0.39, 0.29) is 5.69 Å². The summed E-state index contributed by atoms with van der Waals surface area (Å²) in [5.74, 6) is 0. The first-order valence-electron chi connectivity index (χ1n) is 3.54. The lowest BCUT2D eigenvalue weighted by Crippen LogP contribution is -2.07. The van der Waals surface area contributed by atoms with Crippen molar-refractivity contribution in [1.29, 1.82) is 0 Å². The van der Waals surface area contributed by atoms with Crippen molar-refractivity contribution in [3.05, 3.63) is 16.1 Å². The summed E-state index contributed by atoms with van der Waals surface area (Å²) in [6.07, 6.45) is 1.76. The van der Waals surface area contributed by atoms with E-state index >= 15 is 0 Å². The van der Waals surface area contributed by atoms with E-state index in [1.54, 1.807) is 12.3 Å². The minimum Gasteiger partial charge on any atom is -0.296 e. The second-order valence-electron chi connectivity index (χ2n) is 2.70. The molecular weight excluding hydrogens is 210 g/mol. The molecule has 0 aromatic carbocycles. The molecule has 0 radical (unpaired) electrons. The highest BCUT2D eigenvalue weighted by molar-refractivity contribution is 7.91. The van der Waals surface area contributed by atoms with Crippen molar-refractivity contribution in [3.63, 3.8) is 0 Å². The summed E-state index contributed by atoms with van der Waals surface area (Å²) in [7, 11) is -3.12. The van der Waals surface area contributed by atoms with E-state index in [1.807, 2.05) is 0 Å². The number of aldehydes is 1. The van der Waals surface area contributed by atoms with Crippen molar-refractivity contribution >= 4 is 27.5 Å². The first kappa shape index (κ1) is 10.3. The number of thiazole rings is 1. The Balaban J connectivity index is 3.02. The highest BCUT2D eigenvalue weighted by atomic mass is 32.2. The maximum atomic E-state index is 11.1. The van der Waals surface area contributed by atoms with Gasteiger partial charge in [-0.05, 0) is 6.92 Å². The van der Waals surface area contributed by atoms with Crippen LogP contribution in [0.1, 0.15) is 27.7 Å². The average molecular weight is 219 g/mol. The van der Waals surface area contributed by atoms with E-state index < -0.39 is 15.1 Å². The fourth-order valence-corrected chi connectivity index (χ4v) is 2.53. The number of carbonyl (C=O) groups is 1. The van der Waals surface area contributed by atoms with Crippen molar-refractivity contribution in [2.75, 3.05) is 6.26 Å². The lowest BCUT2D eigenvalue weighted by Gasteiger charge is -2.03. The molecule has 72 valence electrons. The van der Waals surface area contributed by atoms with Crippen molar-refractivity contribution in [2.24, 2.45) is 0 Å². The highest BCUT2D eigenvalue weighted by Gasteiger charge is 2.20. The van der Waals surface area contributed by atoms with Gasteiger partial charge in [0.1, 0.15) is 16.0 Å². The van der Waals surface area contributed by atoms with E-state index in [9.17, 15) is 13.2 Å². The zero-order chi connectivity index (χ0) is 10.1. The first-order valence-corrected chi connectivity index (χ1v) is 6.38. The quantitative estimate of drug-likeness (QED) is 0.713. The minimum absolute atomic E-state index is 0.288. The van der Waals surface area contributed by atoms with E-state index in [2.05, 4.69) is 4.98 Å². The Bertz CT molecular complexity index is 407. The molecule has 1 unspecified atom stereocenters. The summed E-state index contributed by atoms with van der Waals surface area (Å²) in [6, 6.07) is 0. The number of rotatable bonds is 3. The van der Waals surface area contributed by atoms with Crippen LogP contribution in [0, 0.1) is 0 Å². The smallest absolute Gasteiger partial charge is 0.169 e. The largest absolute Gasteiger partial charge is 0.296 e. The zero-order valence-electron chi connectivity index (χ0n) is 7.22. The number of aromatic nitrogens is 1. The predicted molar refractivity (Wildman–Crippen MR) is 50.8 cm³/mol. The Morgan fingerprint density at radius 1 is 1.62 bits per heavy atom. The minimum atomic E-state index is -3.12. The van der Waals surface area contributed by atoms with Crippen LogP contribution >= 0.6 is 11.3 Å². The molecule has 13 heavy (non-hydrogen) atoms. The Hall–Kier alpha value is -0.750. The fraction of sp³-hybridized carbons (Fsp3) is 0.429. The van der Waals surface area contributed by atoms with Crippen LogP contribution in [-0.4, -0.2) is 25.9 Å². The molecule has 1 aromatic heterocycles. The molecule has 0 saturated heterocycles. The van der Waals surface area contributed by atoms with Crippen LogP contribution in [-0.2, 0) is 9.84 Å². The van der Waals surface area contributed by atoms with Crippen molar-refractivity contribution in [3.8, 4) is 0 Å². The second kappa shape index (κ2) is 3.55. The van der Waals surface area contributed by atoms with E-state index in [0.717, 1.165) is 6.26 Å². The van der Waals surface area contributed by atoms with Crippen LogP contribution in [0.15, 0.2) is 5.38 Å². The van der Waals surface area contributed by atoms with E-state index in [4.69, 9.17) is 0 Å². The van der Waals surface area contributed by atoms with Gasteiger partial charge in [-0.25, -0.2) is 13.4 Å². The molecule has 1 atom stereocenters. The van der Waals surface area contributed by atoms with Crippen LogP contribution in [0.2, 0.25) is 0 Å². The molecule has 1 aromatic rings. The van der Waals surface area contributed by atoms with Crippen LogP contribution in [0.25, 0.3) is 0 Å².